The second-order valence-corrected chi connectivity index (χ2v) is 8.50. The SMILES string of the molecule is CCN(CC)CCNC(=O)c1ccc(NC(=O)COc2c(C)cc(Br)cc2Br)cc1. The van der Waals surface area contributed by atoms with E-state index in [9.17, 15) is 9.59 Å². The number of hydrogen-bond donors (Lipinski definition) is 2. The van der Waals surface area contributed by atoms with E-state index in [2.05, 4.69) is 61.2 Å². The van der Waals surface area contributed by atoms with Gasteiger partial charge in [-0.3, -0.25) is 9.59 Å². The molecule has 0 unspecified atom stereocenters. The van der Waals surface area contributed by atoms with E-state index in [0.29, 0.717) is 23.5 Å². The third kappa shape index (κ3) is 7.41. The molecule has 0 bridgehead atoms. The zero-order chi connectivity index (χ0) is 22.1. The molecule has 0 saturated heterocycles. The van der Waals surface area contributed by atoms with Gasteiger partial charge in [0.25, 0.3) is 11.8 Å². The highest BCUT2D eigenvalue weighted by atomic mass is 79.9. The Balaban J connectivity index is 1.83. The van der Waals surface area contributed by atoms with Gasteiger partial charge in [0.1, 0.15) is 5.75 Å². The largest absolute Gasteiger partial charge is 0.482 e. The summed E-state index contributed by atoms with van der Waals surface area (Å²) in [6.07, 6.45) is 0. The molecule has 0 saturated carbocycles. The number of benzene rings is 2. The maximum Gasteiger partial charge on any atom is 0.262 e. The van der Waals surface area contributed by atoms with Crippen LogP contribution in [-0.4, -0.2) is 49.5 Å². The molecule has 30 heavy (non-hydrogen) atoms. The van der Waals surface area contributed by atoms with E-state index in [4.69, 9.17) is 4.74 Å². The maximum atomic E-state index is 12.2. The number of anilines is 1. The maximum absolute atomic E-state index is 12.2. The third-order valence-electron chi connectivity index (χ3n) is 4.58. The summed E-state index contributed by atoms with van der Waals surface area (Å²) in [6, 6.07) is 10.6. The average Bonchev–Trinajstić information content (AvgIpc) is 2.70. The number of nitrogens with one attached hydrogen (secondary N) is 2. The lowest BCUT2D eigenvalue weighted by atomic mass is 10.2. The van der Waals surface area contributed by atoms with Crippen LogP contribution in [0.2, 0.25) is 0 Å². The molecule has 0 fully saturated rings. The number of rotatable bonds is 10. The molecule has 0 aliphatic carbocycles. The van der Waals surface area contributed by atoms with Crippen LogP contribution in [0.25, 0.3) is 0 Å². The molecule has 2 aromatic carbocycles. The van der Waals surface area contributed by atoms with Gasteiger partial charge in [-0.2, -0.15) is 0 Å². The molecule has 0 aliphatic rings. The fourth-order valence-electron chi connectivity index (χ4n) is 2.88. The first kappa shape index (κ1) is 24.4. The Morgan fingerprint density at radius 1 is 1.07 bits per heavy atom. The number of carbonyl (C=O) groups is 2. The Morgan fingerprint density at radius 2 is 1.73 bits per heavy atom. The van der Waals surface area contributed by atoms with Crippen molar-refractivity contribution in [1.29, 1.82) is 0 Å². The average molecular weight is 541 g/mol. The standard InChI is InChI=1S/C22H27Br2N3O3/c1-4-27(5-2)11-10-25-22(29)16-6-8-18(9-7-16)26-20(28)14-30-21-15(3)12-17(23)13-19(21)24/h6-9,12-13H,4-5,10-11,14H2,1-3H3,(H,25,29)(H,26,28). The minimum absolute atomic E-state index is 0.116. The summed E-state index contributed by atoms with van der Waals surface area (Å²) >= 11 is 6.86. The van der Waals surface area contributed by atoms with Gasteiger partial charge in [-0.25, -0.2) is 0 Å². The van der Waals surface area contributed by atoms with Crippen LogP contribution in [-0.2, 0) is 4.79 Å². The number of hydrogen-bond acceptors (Lipinski definition) is 4. The van der Waals surface area contributed by atoms with Crippen molar-refractivity contribution in [3.05, 3.63) is 56.5 Å². The van der Waals surface area contributed by atoms with Gasteiger partial charge in [-0.15, -0.1) is 0 Å². The van der Waals surface area contributed by atoms with Crippen LogP contribution in [0.15, 0.2) is 45.3 Å². The zero-order valence-corrected chi connectivity index (χ0v) is 20.6. The van der Waals surface area contributed by atoms with Crippen molar-refractivity contribution in [2.45, 2.75) is 20.8 Å². The van der Waals surface area contributed by atoms with Crippen LogP contribution in [0.5, 0.6) is 5.75 Å². The summed E-state index contributed by atoms with van der Waals surface area (Å²) in [5.41, 5.74) is 2.08. The van der Waals surface area contributed by atoms with Crippen molar-refractivity contribution in [2.75, 3.05) is 38.1 Å². The van der Waals surface area contributed by atoms with Crippen molar-refractivity contribution in [3.63, 3.8) is 0 Å². The van der Waals surface area contributed by atoms with Gasteiger partial charge in [-0.1, -0.05) is 29.8 Å². The summed E-state index contributed by atoms with van der Waals surface area (Å²) in [5, 5.41) is 5.69. The molecule has 162 valence electrons. The first-order chi connectivity index (χ1) is 14.3. The fraction of sp³-hybridized carbons (Fsp3) is 0.364. The molecule has 6 nitrogen and oxygen atoms in total. The molecule has 2 rings (SSSR count). The summed E-state index contributed by atoms with van der Waals surface area (Å²) in [6.45, 7) is 9.33. The van der Waals surface area contributed by atoms with Crippen molar-refractivity contribution < 1.29 is 14.3 Å². The normalized spacial score (nSPS) is 10.7. The lowest BCUT2D eigenvalue weighted by Gasteiger charge is -2.18. The highest BCUT2D eigenvalue weighted by molar-refractivity contribution is 9.11. The Kier molecular flexibility index (Phi) is 9.81. The number of likely N-dealkylation sites (N-methyl/N-ethyl adjacent to an activating group) is 1. The van der Waals surface area contributed by atoms with Gasteiger partial charge in [-0.05, 0) is 77.9 Å². The Hall–Kier alpha value is -1.90. The van der Waals surface area contributed by atoms with Gasteiger partial charge in [0.2, 0.25) is 0 Å². The molecule has 2 amide bonds. The topological polar surface area (TPSA) is 70.7 Å². The van der Waals surface area contributed by atoms with E-state index in [0.717, 1.165) is 34.1 Å². The molecule has 0 heterocycles. The van der Waals surface area contributed by atoms with Crippen molar-refractivity contribution in [3.8, 4) is 5.75 Å². The van der Waals surface area contributed by atoms with E-state index in [1.165, 1.54) is 0 Å². The van der Waals surface area contributed by atoms with Crippen LogP contribution >= 0.6 is 31.9 Å². The molecule has 0 aromatic heterocycles. The van der Waals surface area contributed by atoms with E-state index < -0.39 is 0 Å². The molecular weight excluding hydrogens is 514 g/mol. The molecule has 0 spiro atoms. The second-order valence-electron chi connectivity index (χ2n) is 6.73. The highest BCUT2D eigenvalue weighted by Gasteiger charge is 2.11. The van der Waals surface area contributed by atoms with Crippen LogP contribution < -0.4 is 15.4 Å². The fourth-order valence-corrected chi connectivity index (χ4v) is 4.43. The van der Waals surface area contributed by atoms with E-state index in [1.807, 2.05) is 19.1 Å². The molecule has 0 atom stereocenters. The van der Waals surface area contributed by atoms with Crippen molar-refractivity contribution >= 4 is 49.4 Å². The van der Waals surface area contributed by atoms with Gasteiger partial charge in [0, 0.05) is 28.8 Å². The van der Waals surface area contributed by atoms with Gasteiger partial charge in [0.15, 0.2) is 6.61 Å². The molecular formula is C22H27Br2N3O3. The smallest absolute Gasteiger partial charge is 0.262 e. The third-order valence-corrected chi connectivity index (χ3v) is 5.63. The Labute approximate surface area is 194 Å². The van der Waals surface area contributed by atoms with Gasteiger partial charge >= 0.3 is 0 Å². The number of aryl methyl sites for hydroxylation is 1. The molecule has 0 radical (unpaired) electrons. The highest BCUT2D eigenvalue weighted by Crippen LogP contribution is 2.32. The lowest BCUT2D eigenvalue weighted by Crippen LogP contribution is -2.34. The lowest BCUT2D eigenvalue weighted by molar-refractivity contribution is -0.118. The second kappa shape index (κ2) is 12.1. The summed E-state index contributed by atoms with van der Waals surface area (Å²) < 4.78 is 7.36. The monoisotopic (exact) mass is 539 g/mol. The summed E-state index contributed by atoms with van der Waals surface area (Å²) in [4.78, 5) is 26.7. The number of ether oxygens (including phenoxy) is 1. The molecule has 2 aromatic rings. The van der Waals surface area contributed by atoms with Crippen LogP contribution in [0.3, 0.4) is 0 Å². The van der Waals surface area contributed by atoms with E-state index in [1.54, 1.807) is 24.3 Å². The predicted octanol–water partition coefficient (Wildman–Crippen LogP) is 4.61. The van der Waals surface area contributed by atoms with Gasteiger partial charge in [0.05, 0.1) is 4.47 Å². The molecule has 2 N–H and O–H groups in total. The Bertz CT molecular complexity index is 845. The van der Waals surface area contributed by atoms with Crippen LogP contribution in [0.4, 0.5) is 5.69 Å². The van der Waals surface area contributed by atoms with E-state index in [-0.39, 0.29) is 18.4 Å². The van der Waals surface area contributed by atoms with Crippen LogP contribution in [0, 0.1) is 6.92 Å². The summed E-state index contributed by atoms with van der Waals surface area (Å²) in [5.74, 6) is 0.227. The molecule has 0 aliphatic heterocycles. The number of halogens is 2. The first-order valence-corrected chi connectivity index (χ1v) is 11.4. The number of amides is 2. The van der Waals surface area contributed by atoms with Crippen LogP contribution in [0.1, 0.15) is 29.8 Å². The predicted molar refractivity (Wildman–Crippen MR) is 127 cm³/mol. The molecule has 8 heteroatoms. The Morgan fingerprint density at radius 3 is 2.33 bits per heavy atom. The number of carbonyl (C=O) groups excluding carboxylic acids is 2. The van der Waals surface area contributed by atoms with Crippen molar-refractivity contribution in [1.82, 2.24) is 10.2 Å². The quantitative estimate of drug-likeness (QED) is 0.461. The van der Waals surface area contributed by atoms with Gasteiger partial charge < -0.3 is 20.3 Å². The van der Waals surface area contributed by atoms with Crippen molar-refractivity contribution in [2.24, 2.45) is 0 Å². The van der Waals surface area contributed by atoms with E-state index >= 15 is 0 Å². The minimum Gasteiger partial charge on any atom is -0.482 e. The zero-order valence-electron chi connectivity index (χ0n) is 17.4. The minimum atomic E-state index is -0.277. The first-order valence-electron chi connectivity index (χ1n) is 9.83. The number of nitrogens with zero attached hydrogens (tertiary/aromatic N) is 1. The summed E-state index contributed by atoms with van der Waals surface area (Å²) in [7, 11) is 0.